The van der Waals surface area contributed by atoms with Crippen LogP contribution >= 0.6 is 0 Å². The monoisotopic (exact) mass is 295 g/mol. The zero-order valence-electron chi connectivity index (χ0n) is 11.7. The van der Waals surface area contributed by atoms with Crippen LogP contribution in [-0.2, 0) is 4.79 Å². The zero-order valence-corrected chi connectivity index (χ0v) is 11.7. The van der Waals surface area contributed by atoms with Crippen LogP contribution in [0.1, 0.15) is 11.3 Å². The third kappa shape index (κ3) is 3.15. The van der Waals surface area contributed by atoms with Crippen LogP contribution in [0.5, 0.6) is 5.88 Å². The van der Waals surface area contributed by atoms with Gasteiger partial charge in [-0.25, -0.2) is 4.98 Å². The van der Waals surface area contributed by atoms with E-state index in [0.29, 0.717) is 30.3 Å². The van der Waals surface area contributed by atoms with Gasteiger partial charge in [0, 0.05) is 18.3 Å². The number of amides is 1. The lowest BCUT2D eigenvalue weighted by Gasteiger charge is -2.37. The van der Waals surface area contributed by atoms with Gasteiger partial charge in [0.05, 0.1) is 31.0 Å². The van der Waals surface area contributed by atoms with Gasteiger partial charge in [-0.2, -0.15) is 5.26 Å². The minimum Gasteiger partial charge on any atom is -0.471 e. The number of carbonyl (C=O) groups excluding carboxylic acids is 1. The van der Waals surface area contributed by atoms with Crippen molar-refractivity contribution in [3.05, 3.63) is 54.1 Å². The molecule has 0 aromatic carbocycles. The summed E-state index contributed by atoms with van der Waals surface area (Å²) in [7, 11) is 0. The summed E-state index contributed by atoms with van der Waals surface area (Å²) in [6, 6.07) is 8.77. The van der Waals surface area contributed by atoms with E-state index < -0.39 is 0 Å². The summed E-state index contributed by atoms with van der Waals surface area (Å²) in [5, 5.41) is 8.82. The largest absolute Gasteiger partial charge is 0.471 e. The van der Waals surface area contributed by atoms with Crippen molar-refractivity contribution in [2.75, 3.05) is 13.1 Å². The lowest BCUT2D eigenvalue weighted by molar-refractivity contribution is -0.134. The van der Waals surface area contributed by atoms with Gasteiger partial charge in [-0.3, -0.25) is 4.79 Å². The number of nitrogens with zero attached hydrogens (tertiary/aromatic N) is 3. The molecule has 0 radical (unpaired) electrons. The van der Waals surface area contributed by atoms with Gasteiger partial charge in [0.1, 0.15) is 11.9 Å². The van der Waals surface area contributed by atoms with Gasteiger partial charge in [0.2, 0.25) is 11.8 Å². The Morgan fingerprint density at radius 2 is 2.36 bits per heavy atom. The Morgan fingerprint density at radius 1 is 1.50 bits per heavy atom. The van der Waals surface area contributed by atoms with Crippen molar-refractivity contribution >= 4 is 12.0 Å². The highest BCUT2D eigenvalue weighted by atomic mass is 16.5. The SMILES string of the molecule is N#Cc1ccnc(OC2CN(C(=O)/C=C/c3ccco3)C2)c1. The molecule has 1 fully saturated rings. The maximum Gasteiger partial charge on any atom is 0.246 e. The molecule has 6 heteroatoms. The lowest BCUT2D eigenvalue weighted by Crippen LogP contribution is -2.55. The first-order valence-electron chi connectivity index (χ1n) is 6.78. The number of ether oxygens (including phenoxy) is 1. The van der Waals surface area contributed by atoms with Crippen LogP contribution in [0.3, 0.4) is 0 Å². The zero-order chi connectivity index (χ0) is 15.4. The number of furan rings is 1. The molecule has 0 saturated carbocycles. The van der Waals surface area contributed by atoms with Gasteiger partial charge >= 0.3 is 0 Å². The molecule has 22 heavy (non-hydrogen) atoms. The molecule has 0 unspecified atom stereocenters. The van der Waals surface area contributed by atoms with Gasteiger partial charge in [-0.15, -0.1) is 0 Å². The number of nitriles is 1. The molecule has 1 saturated heterocycles. The molecule has 0 N–H and O–H groups in total. The number of pyridine rings is 1. The van der Waals surface area contributed by atoms with Crippen molar-refractivity contribution < 1.29 is 13.9 Å². The van der Waals surface area contributed by atoms with Crippen LogP contribution in [0.2, 0.25) is 0 Å². The Labute approximate surface area is 127 Å². The van der Waals surface area contributed by atoms with Crippen LogP contribution in [0.25, 0.3) is 6.08 Å². The average Bonchev–Trinajstić information content (AvgIpc) is 3.01. The predicted molar refractivity (Wildman–Crippen MR) is 77.7 cm³/mol. The second-order valence-electron chi connectivity index (χ2n) is 4.83. The number of hydrogen-bond donors (Lipinski definition) is 0. The number of carbonyl (C=O) groups is 1. The van der Waals surface area contributed by atoms with Crippen molar-refractivity contribution in [1.82, 2.24) is 9.88 Å². The third-order valence-electron chi connectivity index (χ3n) is 3.24. The quantitative estimate of drug-likeness (QED) is 0.804. The highest BCUT2D eigenvalue weighted by Crippen LogP contribution is 2.17. The third-order valence-corrected chi connectivity index (χ3v) is 3.24. The topological polar surface area (TPSA) is 79.4 Å². The molecular weight excluding hydrogens is 282 g/mol. The molecule has 0 atom stereocenters. The normalized spacial score (nSPS) is 14.6. The molecule has 1 aliphatic rings. The second kappa shape index (κ2) is 6.14. The average molecular weight is 295 g/mol. The summed E-state index contributed by atoms with van der Waals surface area (Å²) in [6.07, 6.45) is 6.10. The summed E-state index contributed by atoms with van der Waals surface area (Å²) in [4.78, 5) is 17.6. The lowest BCUT2D eigenvalue weighted by atomic mass is 10.1. The van der Waals surface area contributed by atoms with Crippen LogP contribution in [0, 0.1) is 11.3 Å². The molecule has 1 aliphatic heterocycles. The minimum absolute atomic E-state index is 0.0880. The molecular formula is C16H13N3O3. The van der Waals surface area contributed by atoms with E-state index in [1.807, 2.05) is 6.07 Å². The van der Waals surface area contributed by atoms with Gasteiger partial charge in [0.25, 0.3) is 0 Å². The smallest absolute Gasteiger partial charge is 0.246 e. The molecule has 1 amide bonds. The Morgan fingerprint density at radius 3 is 3.09 bits per heavy atom. The van der Waals surface area contributed by atoms with E-state index in [1.165, 1.54) is 12.3 Å². The van der Waals surface area contributed by atoms with Crippen molar-refractivity contribution in [1.29, 1.82) is 5.26 Å². The standard InChI is InChI=1S/C16H13N3O3/c17-9-12-5-6-18-15(8-12)22-14-10-19(11-14)16(20)4-3-13-2-1-7-21-13/h1-8,14H,10-11H2/b4-3+. The first kappa shape index (κ1) is 13.9. The fourth-order valence-electron chi connectivity index (χ4n) is 2.05. The second-order valence-corrected chi connectivity index (χ2v) is 4.83. The highest BCUT2D eigenvalue weighted by molar-refractivity contribution is 5.92. The van der Waals surface area contributed by atoms with E-state index in [9.17, 15) is 4.79 Å². The van der Waals surface area contributed by atoms with Crippen molar-refractivity contribution in [3.8, 4) is 11.9 Å². The van der Waals surface area contributed by atoms with E-state index in [2.05, 4.69) is 4.98 Å². The molecule has 2 aromatic heterocycles. The molecule has 3 heterocycles. The summed E-state index contributed by atoms with van der Waals surface area (Å²) < 4.78 is 10.7. The number of rotatable bonds is 4. The summed E-state index contributed by atoms with van der Waals surface area (Å²) >= 11 is 0. The first-order chi connectivity index (χ1) is 10.7. The molecule has 110 valence electrons. The maximum absolute atomic E-state index is 11.9. The van der Waals surface area contributed by atoms with Crippen molar-refractivity contribution in [2.45, 2.75) is 6.10 Å². The summed E-state index contributed by atoms with van der Waals surface area (Å²) in [5.74, 6) is 0.955. The Balaban J connectivity index is 1.49. The Hall–Kier alpha value is -3.07. The molecule has 2 aromatic rings. The van der Waals surface area contributed by atoms with Crippen LogP contribution in [0.15, 0.2) is 47.2 Å². The predicted octanol–water partition coefficient (Wildman–Crippen LogP) is 1.85. The van der Waals surface area contributed by atoms with E-state index >= 15 is 0 Å². The number of hydrogen-bond acceptors (Lipinski definition) is 5. The maximum atomic E-state index is 11.9. The van der Waals surface area contributed by atoms with Gasteiger partial charge < -0.3 is 14.1 Å². The van der Waals surface area contributed by atoms with Crippen LogP contribution in [0.4, 0.5) is 0 Å². The number of likely N-dealkylation sites (tertiary alicyclic amines) is 1. The van der Waals surface area contributed by atoms with E-state index in [4.69, 9.17) is 14.4 Å². The number of aromatic nitrogens is 1. The first-order valence-corrected chi connectivity index (χ1v) is 6.78. The fourth-order valence-corrected chi connectivity index (χ4v) is 2.05. The molecule has 3 rings (SSSR count). The van der Waals surface area contributed by atoms with Crippen LogP contribution in [-0.4, -0.2) is 35.0 Å². The Kier molecular flexibility index (Phi) is 3.88. The van der Waals surface area contributed by atoms with Crippen molar-refractivity contribution in [2.24, 2.45) is 0 Å². The van der Waals surface area contributed by atoms with E-state index in [0.717, 1.165) is 0 Å². The van der Waals surface area contributed by atoms with Gasteiger partial charge in [-0.05, 0) is 24.3 Å². The highest BCUT2D eigenvalue weighted by Gasteiger charge is 2.31. The van der Waals surface area contributed by atoms with Crippen molar-refractivity contribution in [3.63, 3.8) is 0 Å². The van der Waals surface area contributed by atoms with Gasteiger partial charge in [-0.1, -0.05) is 0 Å². The fraction of sp³-hybridized carbons (Fsp3) is 0.188. The molecule has 0 spiro atoms. The molecule has 6 nitrogen and oxygen atoms in total. The summed E-state index contributed by atoms with van der Waals surface area (Å²) in [5.41, 5.74) is 0.499. The van der Waals surface area contributed by atoms with E-state index in [1.54, 1.807) is 41.5 Å². The molecule has 0 aliphatic carbocycles. The van der Waals surface area contributed by atoms with Crippen LogP contribution < -0.4 is 4.74 Å². The van der Waals surface area contributed by atoms with E-state index in [-0.39, 0.29) is 12.0 Å². The summed E-state index contributed by atoms with van der Waals surface area (Å²) in [6.45, 7) is 1.000. The molecule has 0 bridgehead atoms. The minimum atomic E-state index is -0.0950. The Bertz CT molecular complexity index is 725. The van der Waals surface area contributed by atoms with Gasteiger partial charge in [0.15, 0.2) is 0 Å².